The van der Waals surface area contributed by atoms with E-state index >= 15 is 0 Å². The summed E-state index contributed by atoms with van der Waals surface area (Å²) in [4.78, 5) is 22.9. The van der Waals surface area contributed by atoms with Gasteiger partial charge < -0.3 is 16.2 Å². The summed E-state index contributed by atoms with van der Waals surface area (Å²) in [6.45, 7) is 0.583. The second kappa shape index (κ2) is 10.3. The quantitative estimate of drug-likeness (QED) is 0.337. The van der Waals surface area contributed by atoms with Crippen LogP contribution in [-0.4, -0.2) is 32.0 Å². The number of rotatable bonds is 10. The lowest BCUT2D eigenvalue weighted by Crippen LogP contribution is -2.13. The summed E-state index contributed by atoms with van der Waals surface area (Å²) in [5, 5.41) is 19.5. The molecule has 3 rings (SSSR count). The molecule has 0 atom stereocenters. The van der Waals surface area contributed by atoms with Crippen molar-refractivity contribution in [2.45, 2.75) is 38.6 Å². The van der Waals surface area contributed by atoms with Crippen LogP contribution in [0.1, 0.15) is 31.4 Å². The monoisotopic (exact) mass is 425 g/mol. The molecule has 0 saturated carbocycles. The first-order valence-electron chi connectivity index (χ1n) is 9.97. The second-order valence-corrected chi connectivity index (χ2v) is 7.18. The number of nitrogens with two attached hydrogens (primary N) is 1. The van der Waals surface area contributed by atoms with Gasteiger partial charge in [0.15, 0.2) is 0 Å². The second-order valence-electron chi connectivity index (χ2n) is 7.18. The van der Waals surface area contributed by atoms with Crippen LogP contribution < -0.4 is 11.1 Å². The molecule has 162 valence electrons. The Morgan fingerprint density at radius 1 is 1.06 bits per heavy atom. The number of unbranched alkanes of at least 4 members (excludes halogenated alkanes) is 1. The van der Waals surface area contributed by atoms with Crippen LogP contribution in [0.2, 0.25) is 0 Å². The van der Waals surface area contributed by atoms with E-state index in [-0.39, 0.29) is 24.6 Å². The molecule has 2 aromatic carbocycles. The first-order chi connectivity index (χ1) is 14.9. The molecule has 0 unspecified atom stereocenters. The van der Waals surface area contributed by atoms with E-state index in [1.807, 2.05) is 6.07 Å². The molecule has 1 aromatic heterocycles. The Morgan fingerprint density at radius 3 is 2.55 bits per heavy atom. The van der Waals surface area contributed by atoms with Crippen molar-refractivity contribution in [1.29, 1.82) is 0 Å². The van der Waals surface area contributed by atoms with Crippen molar-refractivity contribution >= 4 is 23.3 Å². The number of nitrogens with one attached hydrogen (secondary N) is 1. The van der Waals surface area contributed by atoms with Gasteiger partial charge in [0.1, 0.15) is 5.82 Å². The van der Waals surface area contributed by atoms with Crippen LogP contribution in [-0.2, 0) is 22.6 Å². The molecule has 4 N–H and O–H groups in total. The summed E-state index contributed by atoms with van der Waals surface area (Å²) in [6, 6.07) is 11.4. The van der Waals surface area contributed by atoms with Crippen molar-refractivity contribution in [1.82, 2.24) is 15.0 Å². The fourth-order valence-corrected chi connectivity index (χ4v) is 3.05. The Morgan fingerprint density at radius 2 is 1.81 bits per heavy atom. The molecule has 3 aromatic rings. The van der Waals surface area contributed by atoms with Crippen molar-refractivity contribution in [3.8, 4) is 11.1 Å². The van der Waals surface area contributed by atoms with E-state index in [2.05, 4.69) is 15.6 Å². The number of aryl methyl sites for hydroxylation is 2. The molecule has 0 bridgehead atoms. The third-order valence-electron chi connectivity index (χ3n) is 4.73. The van der Waals surface area contributed by atoms with Gasteiger partial charge in [0.25, 0.3) is 0 Å². The summed E-state index contributed by atoms with van der Waals surface area (Å²) >= 11 is 0. The maximum Gasteiger partial charge on any atom is 0.303 e. The molecule has 1 heterocycles. The summed E-state index contributed by atoms with van der Waals surface area (Å²) in [5.41, 5.74) is 9.23. The normalized spacial score (nSPS) is 10.7. The number of anilines is 2. The van der Waals surface area contributed by atoms with Crippen LogP contribution in [0.25, 0.3) is 11.1 Å². The van der Waals surface area contributed by atoms with Gasteiger partial charge in [-0.2, -0.15) is 0 Å². The number of benzene rings is 2. The predicted octanol–water partition coefficient (Wildman–Crippen LogP) is 3.49. The number of nitrogen functional groups attached to an aromatic ring is 1. The number of hydrogen-bond acceptors (Lipinski definition) is 5. The maximum absolute atomic E-state index is 13.1. The van der Waals surface area contributed by atoms with Crippen LogP contribution in [0.4, 0.5) is 15.8 Å². The third-order valence-corrected chi connectivity index (χ3v) is 4.73. The first-order valence-corrected chi connectivity index (χ1v) is 9.97. The van der Waals surface area contributed by atoms with Gasteiger partial charge in [-0.3, -0.25) is 14.3 Å². The van der Waals surface area contributed by atoms with Crippen molar-refractivity contribution < 1.29 is 19.1 Å². The zero-order valence-corrected chi connectivity index (χ0v) is 16.9. The fraction of sp³-hybridized carbons (Fsp3) is 0.273. The summed E-state index contributed by atoms with van der Waals surface area (Å²) in [7, 11) is 0. The Balaban J connectivity index is 1.52. The molecule has 0 aliphatic rings. The van der Waals surface area contributed by atoms with Crippen LogP contribution in [0, 0.1) is 5.82 Å². The number of aromatic nitrogens is 3. The van der Waals surface area contributed by atoms with Gasteiger partial charge in [0.2, 0.25) is 5.91 Å². The number of carbonyl (C=O) groups excluding carboxylic acids is 1. The number of amides is 1. The van der Waals surface area contributed by atoms with Crippen molar-refractivity contribution in [3.05, 3.63) is 60.2 Å². The molecule has 1 amide bonds. The largest absolute Gasteiger partial charge is 0.481 e. The standard InChI is InChI=1S/C22H24FN5O3/c23-17-7-4-15(5-8-17)16-6-10-19(24)20(13-16)25-21(29)11-9-18-14-28(27-26-18)12-2-1-3-22(30)31/h4-8,10,13-14H,1-3,9,11-12,24H2,(H,25,29)(H,30,31). The van der Waals surface area contributed by atoms with Crippen molar-refractivity contribution in [2.24, 2.45) is 0 Å². The number of halogens is 1. The van der Waals surface area contributed by atoms with E-state index in [1.54, 1.807) is 35.1 Å². The van der Waals surface area contributed by atoms with Gasteiger partial charge in [-0.25, -0.2) is 4.39 Å². The summed E-state index contributed by atoms with van der Waals surface area (Å²) in [5.74, 6) is -1.34. The van der Waals surface area contributed by atoms with Crippen LogP contribution >= 0.6 is 0 Å². The van der Waals surface area contributed by atoms with Gasteiger partial charge in [0.05, 0.1) is 17.1 Å². The molecular formula is C22H24FN5O3. The molecule has 0 radical (unpaired) electrons. The molecule has 0 fully saturated rings. The van der Waals surface area contributed by atoms with Crippen molar-refractivity contribution in [2.75, 3.05) is 11.1 Å². The predicted molar refractivity (Wildman–Crippen MR) is 115 cm³/mol. The highest BCUT2D eigenvalue weighted by atomic mass is 19.1. The third kappa shape index (κ3) is 6.63. The van der Waals surface area contributed by atoms with Crippen LogP contribution in [0.15, 0.2) is 48.7 Å². The van der Waals surface area contributed by atoms with E-state index in [1.165, 1.54) is 12.1 Å². The lowest BCUT2D eigenvalue weighted by molar-refractivity contribution is -0.137. The first kappa shape index (κ1) is 21.9. The highest BCUT2D eigenvalue weighted by molar-refractivity contribution is 5.95. The Kier molecular flexibility index (Phi) is 7.31. The highest BCUT2D eigenvalue weighted by Crippen LogP contribution is 2.27. The van der Waals surface area contributed by atoms with Gasteiger partial charge in [0, 0.05) is 32.0 Å². The Hall–Kier alpha value is -3.75. The summed E-state index contributed by atoms with van der Waals surface area (Å²) in [6.07, 6.45) is 3.78. The number of carbonyl (C=O) groups is 2. The molecule has 9 heteroatoms. The van der Waals surface area contributed by atoms with Gasteiger partial charge in [-0.1, -0.05) is 23.4 Å². The average Bonchev–Trinajstić information content (AvgIpc) is 3.20. The molecule has 31 heavy (non-hydrogen) atoms. The van der Waals surface area contributed by atoms with E-state index in [4.69, 9.17) is 10.8 Å². The number of carboxylic acid groups (broad SMARTS) is 1. The number of carboxylic acids is 1. The minimum absolute atomic E-state index is 0.132. The zero-order chi connectivity index (χ0) is 22.2. The topological polar surface area (TPSA) is 123 Å². The number of hydrogen-bond donors (Lipinski definition) is 3. The van der Waals surface area contributed by atoms with Crippen molar-refractivity contribution in [3.63, 3.8) is 0 Å². The zero-order valence-electron chi connectivity index (χ0n) is 16.9. The molecule has 0 aliphatic heterocycles. The van der Waals surface area contributed by atoms with E-state index < -0.39 is 5.97 Å². The maximum atomic E-state index is 13.1. The van der Waals surface area contributed by atoms with E-state index in [0.29, 0.717) is 42.9 Å². The Labute approximate surface area is 178 Å². The highest BCUT2D eigenvalue weighted by Gasteiger charge is 2.10. The molecule has 0 spiro atoms. The smallest absolute Gasteiger partial charge is 0.303 e. The fourth-order valence-electron chi connectivity index (χ4n) is 3.05. The van der Waals surface area contributed by atoms with E-state index in [9.17, 15) is 14.0 Å². The molecule has 0 saturated heterocycles. The average molecular weight is 425 g/mol. The van der Waals surface area contributed by atoms with Crippen LogP contribution in [0.3, 0.4) is 0 Å². The van der Waals surface area contributed by atoms with E-state index in [0.717, 1.165) is 11.1 Å². The number of aliphatic carboxylic acids is 1. The minimum Gasteiger partial charge on any atom is -0.481 e. The minimum atomic E-state index is -0.811. The number of nitrogens with zero attached hydrogens (tertiary/aromatic N) is 3. The van der Waals surface area contributed by atoms with Crippen LogP contribution in [0.5, 0.6) is 0 Å². The Bertz CT molecular complexity index is 1050. The summed E-state index contributed by atoms with van der Waals surface area (Å²) < 4.78 is 14.8. The molecule has 0 aliphatic carbocycles. The van der Waals surface area contributed by atoms with Gasteiger partial charge in [-0.05, 0) is 48.2 Å². The lowest BCUT2D eigenvalue weighted by atomic mass is 10.0. The molecular weight excluding hydrogens is 401 g/mol. The molecule has 8 nitrogen and oxygen atoms in total. The SMILES string of the molecule is Nc1ccc(-c2ccc(F)cc2)cc1NC(=O)CCc1cn(CCCCC(=O)O)nn1. The lowest BCUT2D eigenvalue weighted by Gasteiger charge is -2.10. The van der Waals surface area contributed by atoms with Gasteiger partial charge in [-0.15, -0.1) is 5.10 Å². The van der Waals surface area contributed by atoms with Gasteiger partial charge >= 0.3 is 5.97 Å².